The highest BCUT2D eigenvalue weighted by atomic mass is 35.5. The van der Waals surface area contributed by atoms with E-state index in [1.54, 1.807) is 18.3 Å². The highest BCUT2D eigenvalue weighted by Crippen LogP contribution is 2.16. The molecule has 0 unspecified atom stereocenters. The van der Waals surface area contributed by atoms with Crippen molar-refractivity contribution in [3.05, 3.63) is 51.4 Å². The van der Waals surface area contributed by atoms with E-state index in [-0.39, 0.29) is 16.3 Å². The zero-order chi connectivity index (χ0) is 15.2. The Morgan fingerprint density at radius 1 is 1.33 bits per heavy atom. The Morgan fingerprint density at radius 3 is 2.71 bits per heavy atom. The standard InChI is InChI=1S/C15H18ClN3O2/c1-2-9-19-15(21)14(16)13(10-18-19)17-8-7-11-3-5-12(20)6-4-11/h3-6,10,17,20H,2,7-9H2,1H3. The summed E-state index contributed by atoms with van der Waals surface area (Å²) in [5.41, 5.74) is 1.37. The van der Waals surface area contributed by atoms with E-state index in [2.05, 4.69) is 10.4 Å². The van der Waals surface area contributed by atoms with Crippen molar-refractivity contribution in [1.29, 1.82) is 0 Å². The van der Waals surface area contributed by atoms with E-state index in [4.69, 9.17) is 11.6 Å². The number of rotatable bonds is 6. The number of aryl methyl sites for hydroxylation is 1. The smallest absolute Gasteiger partial charge is 0.287 e. The number of aromatic hydroxyl groups is 1. The Labute approximate surface area is 128 Å². The monoisotopic (exact) mass is 307 g/mol. The summed E-state index contributed by atoms with van der Waals surface area (Å²) in [5.74, 6) is 0.249. The zero-order valence-electron chi connectivity index (χ0n) is 11.8. The van der Waals surface area contributed by atoms with Gasteiger partial charge in [-0.1, -0.05) is 30.7 Å². The minimum absolute atomic E-state index is 0.171. The molecule has 0 aliphatic carbocycles. The summed E-state index contributed by atoms with van der Waals surface area (Å²) in [5, 5.41) is 16.6. The van der Waals surface area contributed by atoms with Crippen molar-refractivity contribution in [3.8, 4) is 5.75 Å². The second kappa shape index (κ2) is 7.13. The van der Waals surface area contributed by atoms with E-state index in [1.807, 2.05) is 19.1 Å². The second-order valence-corrected chi connectivity index (χ2v) is 5.12. The first-order valence-corrected chi connectivity index (χ1v) is 7.27. The normalized spacial score (nSPS) is 10.6. The molecular formula is C15H18ClN3O2. The van der Waals surface area contributed by atoms with Crippen LogP contribution in [0, 0.1) is 0 Å². The highest BCUT2D eigenvalue weighted by Gasteiger charge is 2.08. The third-order valence-electron chi connectivity index (χ3n) is 3.09. The van der Waals surface area contributed by atoms with Crippen molar-refractivity contribution in [2.45, 2.75) is 26.3 Å². The molecule has 2 N–H and O–H groups in total. The number of phenols is 1. The molecule has 0 bridgehead atoms. The van der Waals surface area contributed by atoms with Crippen LogP contribution in [0.2, 0.25) is 5.02 Å². The van der Waals surface area contributed by atoms with Gasteiger partial charge in [-0.05, 0) is 30.5 Å². The molecule has 5 nitrogen and oxygen atoms in total. The summed E-state index contributed by atoms with van der Waals surface area (Å²) in [6, 6.07) is 7.01. The van der Waals surface area contributed by atoms with Crippen molar-refractivity contribution in [3.63, 3.8) is 0 Å². The van der Waals surface area contributed by atoms with Crippen molar-refractivity contribution < 1.29 is 5.11 Å². The van der Waals surface area contributed by atoms with E-state index >= 15 is 0 Å². The predicted molar refractivity (Wildman–Crippen MR) is 84.1 cm³/mol. The van der Waals surface area contributed by atoms with Crippen LogP contribution in [0.25, 0.3) is 0 Å². The van der Waals surface area contributed by atoms with Crippen molar-refractivity contribution in [1.82, 2.24) is 9.78 Å². The number of hydrogen-bond acceptors (Lipinski definition) is 4. The summed E-state index contributed by atoms with van der Waals surface area (Å²) in [4.78, 5) is 12.0. The quantitative estimate of drug-likeness (QED) is 0.861. The van der Waals surface area contributed by atoms with Gasteiger partial charge in [-0.2, -0.15) is 5.10 Å². The number of hydrogen-bond donors (Lipinski definition) is 2. The molecule has 1 aromatic heterocycles. The van der Waals surface area contributed by atoms with Crippen LogP contribution >= 0.6 is 11.6 Å². The summed E-state index contributed by atoms with van der Waals surface area (Å²) in [7, 11) is 0. The largest absolute Gasteiger partial charge is 0.508 e. The number of benzene rings is 1. The van der Waals surface area contributed by atoms with E-state index in [0.29, 0.717) is 18.8 Å². The molecule has 0 radical (unpaired) electrons. The maximum Gasteiger partial charge on any atom is 0.287 e. The number of anilines is 1. The van der Waals surface area contributed by atoms with E-state index in [9.17, 15) is 9.90 Å². The first kappa shape index (κ1) is 15.4. The van der Waals surface area contributed by atoms with E-state index < -0.39 is 0 Å². The summed E-state index contributed by atoms with van der Waals surface area (Å²) < 4.78 is 1.37. The second-order valence-electron chi connectivity index (χ2n) is 4.74. The molecule has 2 aromatic rings. The molecule has 0 spiro atoms. The van der Waals surface area contributed by atoms with Crippen LogP contribution < -0.4 is 10.9 Å². The van der Waals surface area contributed by atoms with Gasteiger partial charge < -0.3 is 10.4 Å². The van der Waals surface area contributed by atoms with Gasteiger partial charge in [-0.3, -0.25) is 4.79 Å². The molecule has 0 aliphatic rings. The average Bonchev–Trinajstić information content (AvgIpc) is 2.48. The summed E-state index contributed by atoms with van der Waals surface area (Å²) in [6.07, 6.45) is 3.17. The number of halogens is 1. The number of nitrogens with zero attached hydrogens (tertiary/aromatic N) is 2. The lowest BCUT2D eigenvalue weighted by Crippen LogP contribution is -2.24. The van der Waals surface area contributed by atoms with Crippen molar-refractivity contribution in [2.75, 3.05) is 11.9 Å². The van der Waals surface area contributed by atoms with Crippen LogP contribution in [0.15, 0.2) is 35.3 Å². The average molecular weight is 308 g/mol. The van der Waals surface area contributed by atoms with Gasteiger partial charge in [-0.15, -0.1) is 0 Å². The molecule has 1 heterocycles. The maximum atomic E-state index is 12.0. The molecule has 112 valence electrons. The number of nitrogens with one attached hydrogen (secondary N) is 1. The van der Waals surface area contributed by atoms with Crippen molar-refractivity contribution in [2.24, 2.45) is 0 Å². The first-order chi connectivity index (χ1) is 10.1. The van der Waals surface area contributed by atoms with Gasteiger partial charge in [0.2, 0.25) is 0 Å². The molecule has 0 amide bonds. The fourth-order valence-electron chi connectivity index (χ4n) is 1.96. The number of phenolic OH excluding ortho intramolecular Hbond substituents is 1. The van der Waals surface area contributed by atoms with Gasteiger partial charge in [0.05, 0.1) is 11.9 Å². The molecule has 0 fully saturated rings. The van der Waals surface area contributed by atoms with Crippen LogP contribution in [0.3, 0.4) is 0 Å². The Balaban J connectivity index is 1.99. The molecule has 21 heavy (non-hydrogen) atoms. The Bertz CT molecular complexity index is 653. The molecule has 0 saturated carbocycles. The lowest BCUT2D eigenvalue weighted by molar-refractivity contribution is 0.475. The molecule has 0 saturated heterocycles. The molecule has 0 atom stereocenters. The Morgan fingerprint density at radius 2 is 2.05 bits per heavy atom. The summed E-state index contributed by atoms with van der Waals surface area (Å²) in [6.45, 7) is 3.17. The van der Waals surface area contributed by atoms with Crippen LogP contribution in [0.4, 0.5) is 5.69 Å². The van der Waals surface area contributed by atoms with Gasteiger partial charge in [0.1, 0.15) is 10.8 Å². The zero-order valence-corrected chi connectivity index (χ0v) is 12.6. The van der Waals surface area contributed by atoms with E-state index in [1.165, 1.54) is 4.68 Å². The first-order valence-electron chi connectivity index (χ1n) is 6.89. The third kappa shape index (κ3) is 3.98. The molecule has 2 rings (SSSR count). The van der Waals surface area contributed by atoms with Gasteiger partial charge in [0, 0.05) is 13.1 Å². The maximum absolute atomic E-state index is 12.0. The van der Waals surface area contributed by atoms with Gasteiger partial charge in [-0.25, -0.2) is 4.68 Å². The predicted octanol–water partition coefficient (Wildman–Crippen LogP) is 2.67. The molecule has 6 heteroatoms. The Hall–Kier alpha value is -2.01. The number of aromatic nitrogens is 2. The Kier molecular flexibility index (Phi) is 5.22. The fourth-order valence-corrected chi connectivity index (χ4v) is 2.18. The minimum Gasteiger partial charge on any atom is -0.508 e. The van der Waals surface area contributed by atoms with Crippen LogP contribution in [-0.4, -0.2) is 21.4 Å². The van der Waals surface area contributed by atoms with Gasteiger partial charge in [0.15, 0.2) is 0 Å². The van der Waals surface area contributed by atoms with Gasteiger partial charge in [0.25, 0.3) is 5.56 Å². The topological polar surface area (TPSA) is 67.2 Å². The van der Waals surface area contributed by atoms with Crippen LogP contribution in [0.5, 0.6) is 5.75 Å². The SMILES string of the molecule is CCCn1ncc(NCCc2ccc(O)cc2)c(Cl)c1=O. The molecule has 0 aliphatic heterocycles. The van der Waals surface area contributed by atoms with E-state index in [0.717, 1.165) is 18.4 Å². The highest BCUT2D eigenvalue weighted by molar-refractivity contribution is 6.32. The minimum atomic E-state index is -0.270. The van der Waals surface area contributed by atoms with Crippen LogP contribution in [0.1, 0.15) is 18.9 Å². The molecular weight excluding hydrogens is 290 g/mol. The van der Waals surface area contributed by atoms with Crippen molar-refractivity contribution >= 4 is 17.3 Å². The fraction of sp³-hybridized carbons (Fsp3) is 0.333. The van der Waals surface area contributed by atoms with Crippen LogP contribution in [-0.2, 0) is 13.0 Å². The molecule has 1 aromatic carbocycles. The van der Waals surface area contributed by atoms with Gasteiger partial charge >= 0.3 is 0 Å². The summed E-state index contributed by atoms with van der Waals surface area (Å²) >= 11 is 6.07. The lowest BCUT2D eigenvalue weighted by atomic mass is 10.1. The lowest BCUT2D eigenvalue weighted by Gasteiger charge is -2.10. The third-order valence-corrected chi connectivity index (χ3v) is 3.45.